The maximum atomic E-state index is 9.83. The van der Waals surface area contributed by atoms with Gasteiger partial charge in [-0.2, -0.15) is 0 Å². The highest BCUT2D eigenvalue weighted by atomic mass is 16.3. The number of aryl methyl sites for hydroxylation is 1. The number of benzene rings is 1. The smallest absolute Gasteiger partial charge is 0.0693 e. The molecule has 0 aliphatic heterocycles. The third kappa shape index (κ3) is 3.06. The van der Waals surface area contributed by atoms with E-state index in [0.29, 0.717) is 0 Å². The van der Waals surface area contributed by atoms with Crippen LogP contribution in [0.1, 0.15) is 36.8 Å². The predicted molar refractivity (Wildman–Crippen MR) is 66.3 cm³/mol. The van der Waals surface area contributed by atoms with E-state index in [1.54, 1.807) is 0 Å². The molecule has 1 aliphatic rings. The molecule has 0 spiro atoms. The van der Waals surface area contributed by atoms with Crippen molar-refractivity contribution in [1.82, 2.24) is 5.32 Å². The molecule has 2 unspecified atom stereocenters. The molecule has 16 heavy (non-hydrogen) atoms. The minimum atomic E-state index is -0.154. The summed E-state index contributed by atoms with van der Waals surface area (Å²) in [6.45, 7) is 2.96. The van der Waals surface area contributed by atoms with E-state index in [2.05, 4.69) is 36.5 Å². The fraction of sp³-hybridized carbons (Fsp3) is 0.571. The highest BCUT2D eigenvalue weighted by molar-refractivity contribution is 5.21. The van der Waals surface area contributed by atoms with Gasteiger partial charge in [-0.15, -0.1) is 0 Å². The Kier molecular flexibility index (Phi) is 3.97. The zero-order chi connectivity index (χ0) is 11.4. The van der Waals surface area contributed by atoms with Crippen molar-refractivity contribution >= 4 is 0 Å². The molecule has 2 heteroatoms. The van der Waals surface area contributed by atoms with E-state index in [-0.39, 0.29) is 12.1 Å². The molecule has 2 rings (SSSR count). The zero-order valence-corrected chi connectivity index (χ0v) is 9.95. The first-order chi connectivity index (χ1) is 7.75. The molecule has 1 fully saturated rings. The van der Waals surface area contributed by atoms with Crippen molar-refractivity contribution in [2.45, 2.75) is 51.3 Å². The summed E-state index contributed by atoms with van der Waals surface area (Å²) in [6.07, 6.45) is 4.31. The topological polar surface area (TPSA) is 32.3 Å². The molecule has 0 amide bonds. The summed E-state index contributed by atoms with van der Waals surface area (Å²) >= 11 is 0. The Morgan fingerprint density at radius 3 is 2.56 bits per heavy atom. The number of hydrogen-bond acceptors (Lipinski definition) is 2. The Morgan fingerprint density at radius 2 is 1.88 bits per heavy atom. The molecule has 88 valence electrons. The van der Waals surface area contributed by atoms with Gasteiger partial charge in [0, 0.05) is 12.6 Å². The van der Waals surface area contributed by atoms with E-state index in [0.717, 1.165) is 19.4 Å². The van der Waals surface area contributed by atoms with Crippen LogP contribution in [0.25, 0.3) is 0 Å². The Hall–Kier alpha value is -0.860. The fourth-order valence-corrected chi connectivity index (χ4v) is 2.30. The largest absolute Gasteiger partial charge is 0.392 e. The lowest BCUT2D eigenvalue weighted by molar-refractivity contribution is 0.0902. The summed E-state index contributed by atoms with van der Waals surface area (Å²) < 4.78 is 0. The van der Waals surface area contributed by atoms with Gasteiger partial charge < -0.3 is 10.4 Å². The van der Waals surface area contributed by atoms with Crippen molar-refractivity contribution in [2.24, 2.45) is 0 Å². The first-order valence-electron chi connectivity index (χ1n) is 6.23. The Morgan fingerprint density at radius 1 is 1.19 bits per heavy atom. The second-order valence-corrected chi connectivity index (χ2v) is 4.82. The highest BCUT2D eigenvalue weighted by Crippen LogP contribution is 2.18. The molecule has 2 nitrogen and oxygen atoms in total. The standard InChI is InChI=1S/C14H21NO/c1-11-6-8-12(9-7-11)10-15-13-4-2-3-5-14(13)16/h6-9,13-16H,2-5,10H2,1H3. The first kappa shape index (κ1) is 11.6. The van der Waals surface area contributed by atoms with Crippen LogP contribution in [-0.2, 0) is 6.54 Å². The molecule has 0 heterocycles. The lowest BCUT2D eigenvalue weighted by Gasteiger charge is -2.28. The molecule has 0 aromatic heterocycles. The Bertz CT molecular complexity index is 320. The van der Waals surface area contributed by atoms with Crippen LogP contribution >= 0.6 is 0 Å². The highest BCUT2D eigenvalue weighted by Gasteiger charge is 2.21. The van der Waals surface area contributed by atoms with Crippen molar-refractivity contribution in [2.75, 3.05) is 0 Å². The maximum Gasteiger partial charge on any atom is 0.0693 e. The average molecular weight is 219 g/mol. The van der Waals surface area contributed by atoms with Crippen LogP contribution in [0.2, 0.25) is 0 Å². The molecule has 2 atom stereocenters. The number of aliphatic hydroxyl groups excluding tert-OH is 1. The minimum absolute atomic E-state index is 0.154. The Labute approximate surface area is 97.7 Å². The van der Waals surface area contributed by atoms with Crippen LogP contribution in [0.15, 0.2) is 24.3 Å². The number of nitrogens with one attached hydrogen (secondary N) is 1. The third-order valence-electron chi connectivity index (χ3n) is 3.42. The van der Waals surface area contributed by atoms with Gasteiger partial charge in [0.25, 0.3) is 0 Å². The maximum absolute atomic E-state index is 9.83. The van der Waals surface area contributed by atoms with Gasteiger partial charge in [0.15, 0.2) is 0 Å². The normalized spacial score (nSPS) is 25.6. The summed E-state index contributed by atoms with van der Waals surface area (Å²) in [5.74, 6) is 0. The van der Waals surface area contributed by atoms with Crippen LogP contribution in [0.5, 0.6) is 0 Å². The van der Waals surface area contributed by atoms with Crippen LogP contribution in [0, 0.1) is 6.92 Å². The molecule has 0 radical (unpaired) electrons. The molecule has 0 bridgehead atoms. The van der Waals surface area contributed by atoms with Gasteiger partial charge in [0.1, 0.15) is 0 Å². The van der Waals surface area contributed by atoms with Crippen molar-refractivity contribution in [3.8, 4) is 0 Å². The molecule has 1 saturated carbocycles. The van der Waals surface area contributed by atoms with Gasteiger partial charge >= 0.3 is 0 Å². The zero-order valence-electron chi connectivity index (χ0n) is 9.95. The van der Waals surface area contributed by atoms with E-state index >= 15 is 0 Å². The van der Waals surface area contributed by atoms with Gasteiger partial charge in [0.2, 0.25) is 0 Å². The van der Waals surface area contributed by atoms with E-state index < -0.39 is 0 Å². The lowest BCUT2D eigenvalue weighted by Crippen LogP contribution is -2.41. The molecular formula is C14H21NO. The molecule has 1 aromatic carbocycles. The first-order valence-corrected chi connectivity index (χ1v) is 6.23. The van der Waals surface area contributed by atoms with Gasteiger partial charge in [-0.3, -0.25) is 0 Å². The third-order valence-corrected chi connectivity index (χ3v) is 3.42. The van der Waals surface area contributed by atoms with Crippen molar-refractivity contribution < 1.29 is 5.11 Å². The van der Waals surface area contributed by atoms with Crippen LogP contribution in [-0.4, -0.2) is 17.3 Å². The summed E-state index contributed by atoms with van der Waals surface area (Å²) in [6, 6.07) is 8.85. The number of aliphatic hydroxyl groups is 1. The van der Waals surface area contributed by atoms with Crippen LogP contribution < -0.4 is 5.32 Å². The van der Waals surface area contributed by atoms with Crippen molar-refractivity contribution in [3.05, 3.63) is 35.4 Å². The summed E-state index contributed by atoms with van der Waals surface area (Å²) in [4.78, 5) is 0. The SMILES string of the molecule is Cc1ccc(CNC2CCCCC2O)cc1. The summed E-state index contributed by atoms with van der Waals surface area (Å²) in [5, 5.41) is 13.3. The molecular weight excluding hydrogens is 198 g/mol. The second kappa shape index (κ2) is 5.46. The van der Waals surface area contributed by atoms with Crippen molar-refractivity contribution in [1.29, 1.82) is 0 Å². The van der Waals surface area contributed by atoms with Crippen molar-refractivity contribution in [3.63, 3.8) is 0 Å². The monoisotopic (exact) mass is 219 g/mol. The van der Waals surface area contributed by atoms with Crippen LogP contribution in [0.4, 0.5) is 0 Å². The molecule has 1 aromatic rings. The second-order valence-electron chi connectivity index (χ2n) is 4.82. The molecule has 0 saturated heterocycles. The van der Waals surface area contributed by atoms with Gasteiger partial charge in [-0.25, -0.2) is 0 Å². The summed E-state index contributed by atoms with van der Waals surface area (Å²) in [5.41, 5.74) is 2.59. The van der Waals surface area contributed by atoms with E-state index in [9.17, 15) is 5.11 Å². The number of hydrogen-bond donors (Lipinski definition) is 2. The van der Waals surface area contributed by atoms with E-state index in [4.69, 9.17) is 0 Å². The summed E-state index contributed by atoms with van der Waals surface area (Å²) in [7, 11) is 0. The lowest BCUT2D eigenvalue weighted by atomic mass is 9.92. The van der Waals surface area contributed by atoms with Gasteiger partial charge in [0.05, 0.1) is 6.10 Å². The van der Waals surface area contributed by atoms with E-state index in [1.807, 2.05) is 0 Å². The number of rotatable bonds is 3. The van der Waals surface area contributed by atoms with Crippen LogP contribution in [0.3, 0.4) is 0 Å². The quantitative estimate of drug-likeness (QED) is 0.818. The van der Waals surface area contributed by atoms with E-state index in [1.165, 1.54) is 24.0 Å². The average Bonchev–Trinajstić information content (AvgIpc) is 2.30. The Balaban J connectivity index is 1.84. The fourth-order valence-electron chi connectivity index (χ4n) is 2.30. The predicted octanol–water partition coefficient (Wildman–Crippen LogP) is 2.39. The molecule has 1 aliphatic carbocycles. The molecule has 2 N–H and O–H groups in total. The van der Waals surface area contributed by atoms with Gasteiger partial charge in [-0.05, 0) is 25.3 Å². The minimum Gasteiger partial charge on any atom is -0.392 e. The van der Waals surface area contributed by atoms with Gasteiger partial charge in [-0.1, -0.05) is 42.7 Å².